The first-order valence-electron chi connectivity index (χ1n) is 6.89. The van der Waals surface area contributed by atoms with Crippen LogP contribution < -0.4 is 4.90 Å². The van der Waals surface area contributed by atoms with Gasteiger partial charge in [-0.25, -0.2) is 9.78 Å². The van der Waals surface area contributed by atoms with E-state index in [4.69, 9.17) is 0 Å². The minimum atomic E-state index is -0.953. The van der Waals surface area contributed by atoms with Crippen molar-refractivity contribution in [1.29, 1.82) is 0 Å². The summed E-state index contributed by atoms with van der Waals surface area (Å²) in [5.41, 5.74) is 2.81. The van der Waals surface area contributed by atoms with E-state index in [9.17, 15) is 9.90 Å². The Morgan fingerprint density at radius 1 is 1.29 bits per heavy atom. The second-order valence-corrected chi connectivity index (χ2v) is 4.92. The van der Waals surface area contributed by atoms with E-state index in [0.29, 0.717) is 24.5 Å². The Morgan fingerprint density at radius 2 is 2.05 bits per heavy atom. The van der Waals surface area contributed by atoms with Gasteiger partial charge in [0.05, 0.1) is 12.2 Å². The lowest BCUT2D eigenvalue weighted by atomic mass is 10.1. The van der Waals surface area contributed by atoms with Gasteiger partial charge in [-0.15, -0.1) is 0 Å². The summed E-state index contributed by atoms with van der Waals surface area (Å²) < 4.78 is 0. The van der Waals surface area contributed by atoms with Crippen molar-refractivity contribution in [3.63, 3.8) is 0 Å². The van der Waals surface area contributed by atoms with Crippen molar-refractivity contribution in [2.45, 2.75) is 27.3 Å². The highest BCUT2D eigenvalue weighted by Crippen LogP contribution is 2.22. The monoisotopic (exact) mass is 285 g/mol. The molecule has 0 aliphatic rings. The number of aromatic nitrogens is 2. The zero-order valence-corrected chi connectivity index (χ0v) is 12.5. The lowest BCUT2D eigenvalue weighted by Crippen LogP contribution is -2.26. The minimum Gasteiger partial charge on any atom is -0.478 e. The maximum atomic E-state index is 11.5. The number of aryl methyl sites for hydroxylation is 2. The number of anilines is 1. The van der Waals surface area contributed by atoms with Gasteiger partial charge in [0.2, 0.25) is 0 Å². The Labute approximate surface area is 124 Å². The number of carboxylic acid groups (broad SMARTS) is 1. The van der Waals surface area contributed by atoms with E-state index < -0.39 is 5.97 Å². The van der Waals surface area contributed by atoms with E-state index in [0.717, 1.165) is 11.4 Å². The number of aromatic carboxylic acids is 1. The van der Waals surface area contributed by atoms with Crippen LogP contribution in [-0.4, -0.2) is 27.6 Å². The number of carbonyl (C=O) groups is 1. The van der Waals surface area contributed by atoms with Crippen LogP contribution in [0.25, 0.3) is 0 Å². The largest absolute Gasteiger partial charge is 0.478 e. The van der Waals surface area contributed by atoms with Crippen molar-refractivity contribution in [2.75, 3.05) is 11.4 Å². The molecule has 0 atom stereocenters. The van der Waals surface area contributed by atoms with E-state index in [-0.39, 0.29) is 5.56 Å². The standard InChI is InChI=1S/C16H19N3O2/c1-4-19(10-13-7-5-6-12(3)18-13)15-14(16(20)21)11(2)8-9-17-15/h5-9H,4,10H2,1-3H3,(H,20,21). The third kappa shape index (κ3) is 3.37. The van der Waals surface area contributed by atoms with Crippen molar-refractivity contribution in [1.82, 2.24) is 9.97 Å². The van der Waals surface area contributed by atoms with E-state index in [1.807, 2.05) is 36.9 Å². The molecule has 0 fully saturated rings. The van der Waals surface area contributed by atoms with E-state index >= 15 is 0 Å². The highest BCUT2D eigenvalue weighted by molar-refractivity contribution is 5.94. The number of carboxylic acids is 1. The summed E-state index contributed by atoms with van der Waals surface area (Å²) in [7, 11) is 0. The topological polar surface area (TPSA) is 66.3 Å². The Hall–Kier alpha value is -2.43. The van der Waals surface area contributed by atoms with Gasteiger partial charge in [-0.1, -0.05) is 6.07 Å². The molecule has 110 valence electrons. The van der Waals surface area contributed by atoms with Crippen LogP contribution >= 0.6 is 0 Å². The van der Waals surface area contributed by atoms with E-state index in [2.05, 4.69) is 9.97 Å². The molecule has 0 radical (unpaired) electrons. The predicted molar refractivity (Wildman–Crippen MR) is 81.6 cm³/mol. The molecule has 5 nitrogen and oxygen atoms in total. The van der Waals surface area contributed by atoms with Crippen LogP contribution in [0.3, 0.4) is 0 Å². The molecule has 0 aliphatic carbocycles. The Kier molecular flexibility index (Phi) is 4.52. The second kappa shape index (κ2) is 6.35. The molecule has 0 aromatic carbocycles. The third-order valence-corrected chi connectivity index (χ3v) is 3.33. The average Bonchev–Trinajstić information content (AvgIpc) is 2.44. The molecule has 0 bridgehead atoms. The number of hydrogen-bond acceptors (Lipinski definition) is 4. The normalized spacial score (nSPS) is 10.4. The smallest absolute Gasteiger partial charge is 0.339 e. The van der Waals surface area contributed by atoms with Crippen LogP contribution in [0.15, 0.2) is 30.5 Å². The van der Waals surface area contributed by atoms with Crippen molar-refractivity contribution >= 4 is 11.8 Å². The number of hydrogen-bond donors (Lipinski definition) is 1. The quantitative estimate of drug-likeness (QED) is 0.915. The van der Waals surface area contributed by atoms with Gasteiger partial charge in [-0.3, -0.25) is 4.98 Å². The fourth-order valence-electron chi connectivity index (χ4n) is 2.27. The van der Waals surface area contributed by atoms with Crippen LogP contribution in [0.5, 0.6) is 0 Å². The fourth-order valence-corrected chi connectivity index (χ4v) is 2.27. The maximum absolute atomic E-state index is 11.5. The van der Waals surface area contributed by atoms with Crippen LogP contribution in [0.2, 0.25) is 0 Å². The van der Waals surface area contributed by atoms with Crippen molar-refractivity contribution in [3.05, 3.63) is 53.0 Å². The van der Waals surface area contributed by atoms with Crippen LogP contribution in [0.4, 0.5) is 5.82 Å². The Morgan fingerprint density at radius 3 is 2.67 bits per heavy atom. The molecular formula is C16H19N3O2. The molecule has 21 heavy (non-hydrogen) atoms. The van der Waals surface area contributed by atoms with Crippen molar-refractivity contribution in [2.24, 2.45) is 0 Å². The van der Waals surface area contributed by atoms with Gasteiger partial charge in [0.25, 0.3) is 0 Å². The maximum Gasteiger partial charge on any atom is 0.339 e. The summed E-state index contributed by atoms with van der Waals surface area (Å²) in [5, 5.41) is 9.42. The lowest BCUT2D eigenvalue weighted by Gasteiger charge is -2.23. The Balaban J connectivity index is 2.38. The van der Waals surface area contributed by atoms with Crippen LogP contribution in [0.1, 0.15) is 34.2 Å². The highest BCUT2D eigenvalue weighted by atomic mass is 16.4. The van der Waals surface area contributed by atoms with Gasteiger partial charge in [-0.05, 0) is 44.5 Å². The molecule has 5 heteroatoms. The van der Waals surface area contributed by atoms with Gasteiger partial charge >= 0.3 is 5.97 Å². The first kappa shape index (κ1) is 15.0. The van der Waals surface area contributed by atoms with Crippen LogP contribution in [-0.2, 0) is 6.54 Å². The zero-order chi connectivity index (χ0) is 15.4. The molecule has 0 amide bonds. The molecule has 2 heterocycles. The number of pyridine rings is 2. The fraction of sp³-hybridized carbons (Fsp3) is 0.312. The lowest BCUT2D eigenvalue weighted by molar-refractivity contribution is 0.0696. The molecule has 0 saturated heterocycles. The van der Waals surface area contributed by atoms with Gasteiger partial charge < -0.3 is 10.0 Å². The number of rotatable bonds is 5. The first-order chi connectivity index (χ1) is 10.0. The van der Waals surface area contributed by atoms with Gasteiger partial charge in [0.15, 0.2) is 0 Å². The molecule has 0 spiro atoms. The highest BCUT2D eigenvalue weighted by Gasteiger charge is 2.19. The molecular weight excluding hydrogens is 266 g/mol. The SMILES string of the molecule is CCN(Cc1cccc(C)n1)c1nccc(C)c1C(=O)O. The predicted octanol–water partition coefficient (Wildman–Crippen LogP) is 2.82. The van der Waals surface area contributed by atoms with Gasteiger partial charge in [-0.2, -0.15) is 0 Å². The second-order valence-electron chi connectivity index (χ2n) is 4.92. The molecule has 1 N–H and O–H groups in total. The molecule has 2 aromatic rings. The molecule has 0 unspecified atom stereocenters. The first-order valence-corrected chi connectivity index (χ1v) is 6.89. The average molecular weight is 285 g/mol. The van der Waals surface area contributed by atoms with E-state index in [1.54, 1.807) is 19.2 Å². The molecule has 2 rings (SSSR count). The van der Waals surface area contributed by atoms with Crippen LogP contribution in [0, 0.1) is 13.8 Å². The molecule has 2 aromatic heterocycles. The summed E-state index contributed by atoms with van der Waals surface area (Å²) in [6, 6.07) is 7.54. The van der Waals surface area contributed by atoms with Gasteiger partial charge in [0.1, 0.15) is 11.4 Å². The van der Waals surface area contributed by atoms with Crippen molar-refractivity contribution < 1.29 is 9.90 Å². The summed E-state index contributed by atoms with van der Waals surface area (Å²) in [6.45, 7) is 6.90. The van der Waals surface area contributed by atoms with Gasteiger partial charge in [0, 0.05) is 18.4 Å². The zero-order valence-electron chi connectivity index (χ0n) is 12.5. The summed E-state index contributed by atoms with van der Waals surface area (Å²) in [6.07, 6.45) is 1.64. The number of nitrogens with zero attached hydrogens (tertiary/aromatic N) is 3. The summed E-state index contributed by atoms with van der Waals surface area (Å²) in [5.74, 6) is -0.459. The Bertz CT molecular complexity index is 656. The van der Waals surface area contributed by atoms with Crippen molar-refractivity contribution in [3.8, 4) is 0 Å². The summed E-state index contributed by atoms with van der Waals surface area (Å²) in [4.78, 5) is 22.2. The van der Waals surface area contributed by atoms with E-state index in [1.165, 1.54) is 0 Å². The summed E-state index contributed by atoms with van der Waals surface area (Å²) >= 11 is 0. The molecule has 0 aliphatic heterocycles. The minimum absolute atomic E-state index is 0.256. The molecule has 0 saturated carbocycles. The third-order valence-electron chi connectivity index (χ3n) is 3.33.